The Bertz CT molecular complexity index is 2180. The molecule has 25 heteroatoms. The van der Waals surface area contributed by atoms with Crippen LogP contribution in [0, 0.1) is 17.8 Å². The molecule has 23 nitrogen and oxygen atoms in total. The quantitative estimate of drug-likeness (QED) is 0.0139. The van der Waals surface area contributed by atoms with Crippen molar-refractivity contribution >= 4 is 94.7 Å². The largest absolute Gasteiger partial charge is 0.370 e. The first-order valence-electron chi connectivity index (χ1n) is 25.3. The Morgan fingerprint density at radius 3 is 1.91 bits per heavy atom. The van der Waals surface area contributed by atoms with Crippen LogP contribution in [0.2, 0.25) is 0 Å². The van der Waals surface area contributed by atoms with E-state index in [4.69, 9.17) is 35.2 Å². The van der Waals surface area contributed by atoms with Crippen molar-refractivity contribution < 1.29 is 47.9 Å². The van der Waals surface area contributed by atoms with Crippen molar-refractivity contribution in [1.82, 2.24) is 42.1 Å². The van der Waals surface area contributed by atoms with Gasteiger partial charge >= 0.3 is 0 Å². The topological polar surface area (TPSA) is 375 Å². The maximum Gasteiger partial charge on any atom is 0.246 e. The van der Waals surface area contributed by atoms with Crippen LogP contribution in [0.25, 0.3) is 0 Å². The fraction of sp³-hybridized carbons (Fsp3) is 0.633. The van der Waals surface area contributed by atoms with Gasteiger partial charge in [-0.3, -0.25) is 52.9 Å². The standard InChI is InChI=1S/C49H77N13O10S2/c1-5-27(3)40(60-39(65)23-30-16-10-11-19-36(30)74)46(70)57-32(22-29-14-8-7-9-15-29)44(68)61-41(28(4)6-2)47(71)58-33(24-37(50)63)43(67)59-34(26-73)48(72)62-21-13-18-35(62)45(69)56-31(17-12-20-54-49(52)53)42(66)55-25-38(51)64/h7-9,14-15,27-28,30-35,40-41,73H,5-6,10-13,16-26H2,1-4H3,(H2,50,63)(H2,51,64)(H,55,66)(H,56,69)(H,57,70)(H,58,71)(H,59,67)(H,60,65)(H,61,68)(H4,52,53,54)/t27-,28+,30?,31-,32-,33-,34-,35-,40-,41+/m0/s1. The van der Waals surface area contributed by atoms with Crippen molar-refractivity contribution in [2.24, 2.45) is 45.7 Å². The van der Waals surface area contributed by atoms with Crippen molar-refractivity contribution in [1.29, 1.82) is 0 Å². The first kappa shape index (κ1) is 61.9. The Labute approximate surface area is 443 Å². The molecule has 1 aromatic rings. The fourth-order valence-electron chi connectivity index (χ4n) is 8.68. The molecule has 1 saturated heterocycles. The summed E-state index contributed by atoms with van der Waals surface area (Å²) in [6.45, 7) is 6.89. The van der Waals surface area contributed by atoms with Crippen molar-refractivity contribution in [3.63, 3.8) is 0 Å². The number of guanidine groups is 1. The van der Waals surface area contributed by atoms with Crippen LogP contribution in [0.1, 0.15) is 110 Å². The summed E-state index contributed by atoms with van der Waals surface area (Å²) in [7, 11) is 0. The second-order valence-electron chi connectivity index (χ2n) is 19.0. The average Bonchev–Trinajstić information content (AvgIpc) is 3.86. The SMILES string of the molecule is CC[C@@H](C)[C@@H](NC(=O)[C@H](Cc1ccccc1)NC(=O)[C@@H](NC(=O)CC1CCCCC1=S)[C@@H](C)CC)C(=O)N[C@@H](CC(N)=O)C(=O)N[C@@H](CS)C(=O)N1CCC[C@H]1C(=O)N[C@@H](CCCN=C(N)N)C(=O)NCC(N)=O. The van der Waals surface area contributed by atoms with Gasteiger partial charge in [-0.15, -0.1) is 0 Å². The minimum atomic E-state index is -1.65. The maximum atomic E-state index is 14.4. The van der Waals surface area contributed by atoms with Crippen LogP contribution < -0.4 is 60.2 Å². The Morgan fingerprint density at radius 1 is 0.716 bits per heavy atom. The van der Waals surface area contributed by atoms with E-state index in [1.165, 1.54) is 4.90 Å². The number of nitrogens with two attached hydrogens (primary N) is 4. The molecule has 2 aliphatic rings. The zero-order chi connectivity index (χ0) is 55.1. The number of hydrogen-bond donors (Lipinski definition) is 12. The lowest BCUT2D eigenvalue weighted by Crippen LogP contribution is -2.62. The number of aliphatic imine (C=N–C) groups is 1. The first-order chi connectivity index (χ1) is 35.1. The van der Waals surface area contributed by atoms with E-state index in [0.717, 1.165) is 30.5 Å². The van der Waals surface area contributed by atoms with E-state index >= 15 is 0 Å². The molecule has 74 heavy (non-hydrogen) atoms. The molecule has 10 amide bonds. The predicted molar refractivity (Wildman–Crippen MR) is 284 cm³/mol. The Kier molecular flexibility index (Phi) is 26.3. The number of benzene rings is 1. The summed E-state index contributed by atoms with van der Waals surface area (Å²) in [4.78, 5) is 141. The van der Waals surface area contributed by atoms with E-state index < -0.39 is 114 Å². The molecular weight excluding hydrogens is 995 g/mol. The Hall–Kier alpha value is -6.37. The number of carbonyl (C=O) groups is 10. The highest BCUT2D eigenvalue weighted by Gasteiger charge is 2.40. The summed E-state index contributed by atoms with van der Waals surface area (Å²) >= 11 is 9.84. The molecule has 0 aromatic heterocycles. The molecule has 0 spiro atoms. The zero-order valence-corrected chi connectivity index (χ0v) is 44.5. The Balaban J connectivity index is 1.81. The number of primary amides is 2. The van der Waals surface area contributed by atoms with Gasteiger partial charge in [-0.2, -0.15) is 12.6 Å². The van der Waals surface area contributed by atoms with Gasteiger partial charge in [0.2, 0.25) is 59.1 Å². The summed E-state index contributed by atoms with van der Waals surface area (Å²) in [5.74, 6) is -8.88. The predicted octanol–water partition coefficient (Wildman–Crippen LogP) is -1.37. The second kappa shape index (κ2) is 31.4. The van der Waals surface area contributed by atoms with Gasteiger partial charge in [0.15, 0.2) is 5.96 Å². The van der Waals surface area contributed by atoms with Gasteiger partial charge in [0.1, 0.15) is 42.3 Å². The lowest BCUT2D eigenvalue weighted by atomic mass is 9.86. The average molecular weight is 1070 g/mol. The molecule has 410 valence electrons. The van der Waals surface area contributed by atoms with Crippen LogP contribution in [0.4, 0.5) is 0 Å². The number of likely N-dealkylation sites (tertiary alicyclic amines) is 1. The maximum absolute atomic E-state index is 14.4. The minimum absolute atomic E-state index is 0.00370. The normalized spacial score (nSPS) is 18.6. The van der Waals surface area contributed by atoms with Crippen LogP contribution >= 0.6 is 24.8 Å². The minimum Gasteiger partial charge on any atom is -0.370 e. The van der Waals surface area contributed by atoms with Gasteiger partial charge in [-0.1, -0.05) is 89.5 Å². The molecule has 0 radical (unpaired) electrons. The molecule has 0 bridgehead atoms. The molecule has 1 saturated carbocycles. The number of hydrogen-bond acceptors (Lipinski definition) is 13. The van der Waals surface area contributed by atoms with Gasteiger partial charge < -0.3 is 65.1 Å². The van der Waals surface area contributed by atoms with Crippen molar-refractivity contribution in [2.45, 2.75) is 153 Å². The van der Waals surface area contributed by atoms with E-state index in [9.17, 15) is 47.9 Å². The molecule has 1 heterocycles. The van der Waals surface area contributed by atoms with E-state index in [0.29, 0.717) is 24.8 Å². The third-order valence-electron chi connectivity index (χ3n) is 13.3. The van der Waals surface area contributed by atoms with Crippen LogP contribution in [0.5, 0.6) is 0 Å². The van der Waals surface area contributed by atoms with Gasteiger partial charge in [-0.25, -0.2) is 0 Å². The fourth-order valence-corrected chi connectivity index (χ4v) is 9.27. The van der Waals surface area contributed by atoms with Crippen molar-refractivity contribution in [3.8, 4) is 0 Å². The summed E-state index contributed by atoms with van der Waals surface area (Å²) in [5, 5.41) is 18.5. The summed E-state index contributed by atoms with van der Waals surface area (Å²) in [5.41, 5.74) is 22.2. The van der Waals surface area contributed by atoms with Crippen molar-refractivity contribution in [2.75, 3.05) is 25.4 Å². The number of carbonyl (C=O) groups excluding carboxylic acids is 10. The summed E-state index contributed by atoms with van der Waals surface area (Å²) < 4.78 is 0. The van der Waals surface area contributed by atoms with Crippen LogP contribution in [0.3, 0.4) is 0 Å². The van der Waals surface area contributed by atoms with Gasteiger partial charge in [0, 0.05) is 31.7 Å². The van der Waals surface area contributed by atoms with Crippen LogP contribution in [-0.4, -0.2) is 142 Å². The highest BCUT2D eigenvalue weighted by atomic mass is 32.1. The monoisotopic (exact) mass is 1070 g/mol. The van der Waals surface area contributed by atoms with Crippen molar-refractivity contribution in [3.05, 3.63) is 35.9 Å². The smallest absolute Gasteiger partial charge is 0.246 e. The van der Waals surface area contributed by atoms with Gasteiger partial charge in [-0.05, 0) is 73.1 Å². The molecule has 1 aliphatic carbocycles. The molecule has 2 fully saturated rings. The number of thiol groups is 1. The third-order valence-corrected chi connectivity index (χ3v) is 14.2. The lowest BCUT2D eigenvalue weighted by molar-refractivity contribution is -0.142. The summed E-state index contributed by atoms with van der Waals surface area (Å²) in [6, 6.07) is 0.00525. The zero-order valence-electron chi connectivity index (χ0n) is 42.8. The van der Waals surface area contributed by atoms with Gasteiger partial charge in [0.05, 0.1) is 13.0 Å². The number of nitrogens with zero attached hydrogens (tertiary/aromatic N) is 2. The van der Waals surface area contributed by atoms with Crippen LogP contribution in [0.15, 0.2) is 35.3 Å². The lowest BCUT2D eigenvalue weighted by Gasteiger charge is -2.31. The third kappa shape index (κ3) is 20.2. The van der Waals surface area contributed by atoms with Gasteiger partial charge in [0.25, 0.3) is 0 Å². The number of amides is 10. The van der Waals surface area contributed by atoms with E-state index in [1.807, 2.05) is 13.8 Å². The molecule has 15 N–H and O–H groups in total. The molecule has 10 atom stereocenters. The molecule has 3 rings (SSSR count). The van der Waals surface area contributed by atoms with E-state index in [-0.39, 0.29) is 74.6 Å². The number of rotatable bonds is 30. The second-order valence-corrected chi connectivity index (χ2v) is 19.9. The first-order valence-corrected chi connectivity index (χ1v) is 26.3. The Morgan fingerprint density at radius 2 is 1.32 bits per heavy atom. The van der Waals surface area contributed by atoms with E-state index in [2.05, 4.69) is 54.8 Å². The number of nitrogens with one attached hydrogen (secondary N) is 7. The summed E-state index contributed by atoms with van der Waals surface area (Å²) in [6.07, 6.45) is 4.70. The molecule has 1 aromatic carbocycles. The highest BCUT2D eigenvalue weighted by Crippen LogP contribution is 2.25. The number of thiocarbonyl (C=S) groups is 1. The molecule has 1 aliphatic heterocycles. The van der Waals surface area contributed by atoms with E-state index in [1.54, 1.807) is 44.2 Å². The molecular formula is C49H77N13O10S2. The molecule has 1 unspecified atom stereocenters. The highest BCUT2D eigenvalue weighted by molar-refractivity contribution is 7.80. The van der Waals surface area contributed by atoms with Crippen LogP contribution in [-0.2, 0) is 54.4 Å².